The monoisotopic (exact) mass is 387 g/mol. The van der Waals surface area contributed by atoms with Gasteiger partial charge in [-0.2, -0.15) is 0 Å². The Balaban J connectivity index is 0.000000480. The van der Waals surface area contributed by atoms with E-state index in [9.17, 15) is 8.78 Å². The Morgan fingerprint density at radius 3 is 1.96 bits per heavy atom. The first-order chi connectivity index (χ1) is 13.3. The Kier molecular flexibility index (Phi) is 10.7. The van der Waals surface area contributed by atoms with Gasteiger partial charge in [0, 0.05) is 5.41 Å². The molecule has 0 aliphatic rings. The lowest BCUT2D eigenvalue weighted by Crippen LogP contribution is -2.18. The normalized spacial score (nSPS) is 12.1. The van der Waals surface area contributed by atoms with Crippen LogP contribution in [-0.4, -0.2) is 19.4 Å². The van der Waals surface area contributed by atoms with Gasteiger partial charge in [-0.05, 0) is 55.8 Å². The number of aryl methyl sites for hydroxylation is 2. The molecule has 3 heteroatoms. The topological polar surface area (TPSA) is 26.0 Å². The van der Waals surface area contributed by atoms with Crippen molar-refractivity contribution in [3.63, 3.8) is 0 Å². The SMILES string of the molecule is C=CCC(F)CF.Cc1ccc(C(C)(C)c2ccc(CCCCN)cc2)cc1. The summed E-state index contributed by atoms with van der Waals surface area (Å²) in [4.78, 5) is 0. The van der Waals surface area contributed by atoms with Crippen molar-refractivity contribution in [3.05, 3.63) is 83.4 Å². The fourth-order valence-electron chi connectivity index (χ4n) is 2.94. The van der Waals surface area contributed by atoms with Crippen LogP contribution in [0.4, 0.5) is 8.78 Å². The number of halogens is 2. The van der Waals surface area contributed by atoms with Gasteiger partial charge in [-0.3, -0.25) is 0 Å². The van der Waals surface area contributed by atoms with Gasteiger partial charge in [0.2, 0.25) is 0 Å². The second-order valence-electron chi connectivity index (χ2n) is 7.71. The number of hydrogen-bond donors (Lipinski definition) is 1. The van der Waals surface area contributed by atoms with Gasteiger partial charge in [0.15, 0.2) is 0 Å². The van der Waals surface area contributed by atoms with Crippen molar-refractivity contribution in [2.45, 2.75) is 58.0 Å². The summed E-state index contributed by atoms with van der Waals surface area (Å²) in [5, 5.41) is 0. The van der Waals surface area contributed by atoms with Crippen LogP contribution in [0.1, 0.15) is 55.4 Å². The van der Waals surface area contributed by atoms with E-state index in [0.29, 0.717) is 0 Å². The van der Waals surface area contributed by atoms with Gasteiger partial charge in [0.25, 0.3) is 0 Å². The molecule has 1 nitrogen and oxygen atoms in total. The average molecular weight is 388 g/mol. The summed E-state index contributed by atoms with van der Waals surface area (Å²) >= 11 is 0. The van der Waals surface area contributed by atoms with Crippen LogP contribution in [0.3, 0.4) is 0 Å². The number of benzene rings is 2. The molecule has 0 amide bonds. The Morgan fingerprint density at radius 2 is 1.54 bits per heavy atom. The number of rotatable bonds is 9. The van der Waals surface area contributed by atoms with E-state index in [1.54, 1.807) is 0 Å². The van der Waals surface area contributed by atoms with Crippen molar-refractivity contribution in [2.24, 2.45) is 5.73 Å². The maximum Gasteiger partial charge on any atom is 0.132 e. The zero-order valence-electron chi connectivity index (χ0n) is 17.6. The van der Waals surface area contributed by atoms with E-state index >= 15 is 0 Å². The van der Waals surface area contributed by atoms with E-state index in [0.717, 1.165) is 19.4 Å². The fraction of sp³-hybridized carbons (Fsp3) is 0.440. The number of allylic oxidation sites excluding steroid dienone is 1. The summed E-state index contributed by atoms with van der Waals surface area (Å²) in [5.41, 5.74) is 11.0. The van der Waals surface area contributed by atoms with Crippen LogP contribution in [0.25, 0.3) is 0 Å². The van der Waals surface area contributed by atoms with Crippen molar-refractivity contribution in [1.29, 1.82) is 0 Å². The van der Waals surface area contributed by atoms with E-state index in [1.807, 2.05) is 0 Å². The summed E-state index contributed by atoms with van der Waals surface area (Å²) < 4.78 is 22.8. The van der Waals surface area contributed by atoms with Gasteiger partial charge in [-0.25, -0.2) is 8.78 Å². The first kappa shape index (κ1) is 24.0. The van der Waals surface area contributed by atoms with Crippen molar-refractivity contribution >= 4 is 0 Å². The molecule has 2 N–H and O–H groups in total. The number of alkyl halides is 2. The molecule has 0 aliphatic carbocycles. The first-order valence-corrected chi connectivity index (χ1v) is 10.0. The van der Waals surface area contributed by atoms with Gasteiger partial charge in [0.1, 0.15) is 12.8 Å². The third kappa shape index (κ3) is 7.93. The molecule has 0 bridgehead atoms. The van der Waals surface area contributed by atoms with Crippen LogP contribution in [0.5, 0.6) is 0 Å². The minimum absolute atomic E-state index is 0.0451. The minimum Gasteiger partial charge on any atom is -0.330 e. The lowest BCUT2D eigenvalue weighted by atomic mass is 9.77. The Bertz CT molecular complexity index is 675. The highest BCUT2D eigenvalue weighted by atomic mass is 19.2. The molecule has 0 aliphatic heterocycles. The highest BCUT2D eigenvalue weighted by Gasteiger charge is 2.22. The molecule has 0 saturated heterocycles. The highest BCUT2D eigenvalue weighted by Crippen LogP contribution is 2.31. The zero-order valence-corrected chi connectivity index (χ0v) is 17.6. The molecule has 0 radical (unpaired) electrons. The van der Waals surface area contributed by atoms with Gasteiger partial charge in [-0.1, -0.05) is 74.0 Å². The molecule has 0 spiro atoms. The van der Waals surface area contributed by atoms with Gasteiger partial charge >= 0.3 is 0 Å². The summed E-state index contributed by atoms with van der Waals surface area (Å²) in [6, 6.07) is 17.9. The molecule has 2 aromatic rings. The fourth-order valence-corrected chi connectivity index (χ4v) is 2.94. The highest BCUT2D eigenvalue weighted by molar-refractivity contribution is 5.39. The summed E-state index contributed by atoms with van der Waals surface area (Å²) in [5.74, 6) is 0. The molecule has 1 unspecified atom stereocenters. The quantitative estimate of drug-likeness (QED) is 0.387. The van der Waals surface area contributed by atoms with E-state index in [4.69, 9.17) is 5.73 Å². The zero-order chi connectivity index (χ0) is 21.0. The van der Waals surface area contributed by atoms with Crippen molar-refractivity contribution in [1.82, 2.24) is 0 Å². The maximum atomic E-state index is 11.7. The van der Waals surface area contributed by atoms with Crippen LogP contribution < -0.4 is 5.73 Å². The molecule has 2 aromatic carbocycles. The number of nitrogens with two attached hydrogens (primary N) is 1. The van der Waals surface area contributed by atoms with Crippen molar-refractivity contribution in [2.75, 3.05) is 13.2 Å². The molecular weight excluding hydrogens is 352 g/mol. The molecule has 0 heterocycles. The Hall–Kier alpha value is -2.00. The largest absolute Gasteiger partial charge is 0.330 e. The third-order valence-electron chi connectivity index (χ3n) is 4.96. The second-order valence-corrected chi connectivity index (χ2v) is 7.71. The second kappa shape index (κ2) is 12.5. The molecule has 0 fully saturated rings. The van der Waals surface area contributed by atoms with Crippen molar-refractivity contribution < 1.29 is 8.78 Å². The van der Waals surface area contributed by atoms with Crippen LogP contribution in [0, 0.1) is 6.92 Å². The average Bonchev–Trinajstić information content (AvgIpc) is 2.69. The Morgan fingerprint density at radius 1 is 1.00 bits per heavy atom. The van der Waals surface area contributed by atoms with Crippen LogP contribution in [0.2, 0.25) is 0 Å². The number of hydrogen-bond acceptors (Lipinski definition) is 1. The third-order valence-corrected chi connectivity index (χ3v) is 4.96. The minimum atomic E-state index is -1.34. The van der Waals surface area contributed by atoms with Gasteiger partial charge in [0.05, 0.1) is 0 Å². The van der Waals surface area contributed by atoms with Crippen molar-refractivity contribution in [3.8, 4) is 0 Å². The predicted molar refractivity (Wildman–Crippen MR) is 117 cm³/mol. The van der Waals surface area contributed by atoms with E-state index < -0.39 is 12.8 Å². The standard InChI is InChI=1S/C20H27N.C5H8F2/c1-16-7-11-18(12-8-16)20(2,3)19-13-9-17(10-14-19)6-4-5-15-21;1-2-3-5(7)4-6/h7-14H,4-6,15,21H2,1-3H3;2,5H,1,3-4H2. The summed E-state index contributed by atoms with van der Waals surface area (Å²) in [7, 11) is 0. The molecule has 0 saturated carbocycles. The number of unbranched alkanes of at least 4 members (excludes halogenated alkanes) is 1. The van der Waals surface area contributed by atoms with Crippen LogP contribution >= 0.6 is 0 Å². The smallest absolute Gasteiger partial charge is 0.132 e. The molecule has 28 heavy (non-hydrogen) atoms. The van der Waals surface area contributed by atoms with Gasteiger partial charge < -0.3 is 5.73 Å². The van der Waals surface area contributed by atoms with E-state index in [2.05, 4.69) is 75.9 Å². The molecule has 2 rings (SSSR count). The summed E-state index contributed by atoms with van der Waals surface area (Å²) in [6.07, 6.45) is 3.56. The van der Waals surface area contributed by atoms with E-state index in [1.165, 1.54) is 34.8 Å². The molecule has 0 aromatic heterocycles. The van der Waals surface area contributed by atoms with Crippen LogP contribution in [0.15, 0.2) is 61.2 Å². The lowest BCUT2D eigenvalue weighted by Gasteiger charge is -2.26. The van der Waals surface area contributed by atoms with E-state index in [-0.39, 0.29) is 11.8 Å². The summed E-state index contributed by atoms with van der Waals surface area (Å²) in [6.45, 7) is 9.85. The van der Waals surface area contributed by atoms with Gasteiger partial charge in [-0.15, -0.1) is 6.58 Å². The lowest BCUT2D eigenvalue weighted by molar-refractivity contribution is 0.263. The van der Waals surface area contributed by atoms with Crippen LogP contribution in [-0.2, 0) is 11.8 Å². The Labute approximate surface area is 169 Å². The first-order valence-electron chi connectivity index (χ1n) is 10.0. The maximum absolute atomic E-state index is 11.7. The molecular formula is C25H35F2N. The molecule has 154 valence electrons. The molecule has 1 atom stereocenters. The predicted octanol–water partition coefficient (Wildman–Crippen LogP) is 6.47.